The molecule has 0 radical (unpaired) electrons. The molecule has 0 saturated carbocycles. The Hall–Kier alpha value is -1.29. The van der Waals surface area contributed by atoms with Crippen molar-refractivity contribution < 1.29 is 4.74 Å². The van der Waals surface area contributed by atoms with Gasteiger partial charge in [0.05, 0.1) is 7.11 Å². The maximum absolute atomic E-state index is 5.53. The predicted molar refractivity (Wildman–Crippen MR) is 47.8 cm³/mol. The fraction of sp³-hybridized carbons (Fsp3) is 0.375. The molecule has 0 amide bonds. The van der Waals surface area contributed by atoms with Crippen molar-refractivity contribution in [2.75, 3.05) is 12.8 Å². The number of ether oxygens (including phenoxy) is 1. The minimum atomic E-state index is 0.419. The van der Waals surface area contributed by atoms with Gasteiger partial charge in [-0.25, -0.2) is 4.98 Å². The maximum atomic E-state index is 5.53. The Bertz CT molecular complexity index is 286. The van der Waals surface area contributed by atoms with Crippen LogP contribution in [0.4, 0.5) is 5.82 Å². The second-order valence-corrected chi connectivity index (χ2v) is 2.52. The maximum Gasteiger partial charge on any atom is 0.128 e. The smallest absolute Gasteiger partial charge is 0.128 e. The van der Waals surface area contributed by atoms with Crippen LogP contribution in [0.5, 0.6) is 5.75 Å². The van der Waals surface area contributed by atoms with E-state index in [1.165, 1.54) is 0 Å². The first-order valence-corrected chi connectivity index (χ1v) is 3.69. The minimum Gasteiger partial charge on any atom is -0.496 e. The molecule has 0 aliphatic carbocycles. The van der Waals surface area contributed by atoms with Crippen molar-refractivity contribution in [3.05, 3.63) is 17.3 Å². The first-order valence-electron chi connectivity index (χ1n) is 3.69. The van der Waals surface area contributed by atoms with Gasteiger partial charge in [0.15, 0.2) is 0 Å². The number of nitrogens with two attached hydrogens (primary N) is 2. The molecule has 0 aliphatic heterocycles. The van der Waals surface area contributed by atoms with Crippen LogP contribution < -0.4 is 16.2 Å². The van der Waals surface area contributed by atoms with E-state index in [1.807, 2.05) is 6.92 Å². The van der Waals surface area contributed by atoms with Gasteiger partial charge in [0.1, 0.15) is 11.6 Å². The summed E-state index contributed by atoms with van der Waals surface area (Å²) < 4.78 is 5.10. The number of nitrogens with zero attached hydrogens (tertiary/aromatic N) is 1. The normalized spacial score (nSPS) is 9.92. The third kappa shape index (κ3) is 1.48. The van der Waals surface area contributed by atoms with Gasteiger partial charge < -0.3 is 16.2 Å². The van der Waals surface area contributed by atoms with E-state index in [0.29, 0.717) is 18.1 Å². The summed E-state index contributed by atoms with van der Waals surface area (Å²) in [5.41, 5.74) is 12.8. The van der Waals surface area contributed by atoms with E-state index in [0.717, 1.165) is 11.3 Å². The van der Waals surface area contributed by atoms with Crippen LogP contribution in [0.1, 0.15) is 11.3 Å². The molecular formula is C8H13N3O. The second kappa shape index (κ2) is 3.40. The van der Waals surface area contributed by atoms with Crippen molar-refractivity contribution in [1.82, 2.24) is 4.98 Å². The standard InChI is InChI=1S/C8H13N3O/c1-5-6(4-9)7(12-2)3-8(10)11-5/h3H,4,9H2,1-2H3,(H2,10,11). The predicted octanol–water partition coefficient (Wildman–Crippen LogP) is 0.440. The summed E-state index contributed by atoms with van der Waals surface area (Å²) in [5, 5.41) is 0. The lowest BCUT2D eigenvalue weighted by atomic mass is 10.2. The molecule has 4 N–H and O–H groups in total. The first-order chi connectivity index (χ1) is 5.69. The highest BCUT2D eigenvalue weighted by Gasteiger charge is 2.06. The van der Waals surface area contributed by atoms with Crippen LogP contribution in [0.2, 0.25) is 0 Å². The Balaban J connectivity index is 3.24. The van der Waals surface area contributed by atoms with E-state index in [-0.39, 0.29) is 0 Å². The average molecular weight is 167 g/mol. The van der Waals surface area contributed by atoms with Gasteiger partial charge in [-0.3, -0.25) is 0 Å². The first kappa shape index (κ1) is 8.80. The summed E-state index contributed by atoms with van der Waals surface area (Å²) in [6, 6.07) is 1.68. The minimum absolute atomic E-state index is 0.419. The fourth-order valence-electron chi connectivity index (χ4n) is 1.12. The summed E-state index contributed by atoms with van der Waals surface area (Å²) in [6.07, 6.45) is 0. The van der Waals surface area contributed by atoms with Crippen molar-refractivity contribution in [3.8, 4) is 5.75 Å². The lowest BCUT2D eigenvalue weighted by molar-refractivity contribution is 0.409. The molecule has 4 nitrogen and oxygen atoms in total. The molecule has 0 fully saturated rings. The lowest BCUT2D eigenvalue weighted by Gasteiger charge is -2.09. The molecular weight excluding hydrogens is 154 g/mol. The third-order valence-electron chi connectivity index (χ3n) is 1.73. The summed E-state index contributed by atoms with van der Waals surface area (Å²) in [5.74, 6) is 1.17. The van der Waals surface area contributed by atoms with E-state index >= 15 is 0 Å². The van der Waals surface area contributed by atoms with Gasteiger partial charge in [-0.05, 0) is 6.92 Å². The Labute approximate surface area is 71.5 Å². The molecule has 0 bridgehead atoms. The summed E-state index contributed by atoms with van der Waals surface area (Å²) in [6.45, 7) is 2.28. The van der Waals surface area contributed by atoms with Gasteiger partial charge in [-0.1, -0.05) is 0 Å². The van der Waals surface area contributed by atoms with Crippen LogP contribution in [0.15, 0.2) is 6.07 Å². The van der Waals surface area contributed by atoms with Crippen molar-refractivity contribution in [3.63, 3.8) is 0 Å². The highest BCUT2D eigenvalue weighted by atomic mass is 16.5. The number of rotatable bonds is 2. The van der Waals surface area contributed by atoms with Gasteiger partial charge in [-0.2, -0.15) is 0 Å². The highest BCUT2D eigenvalue weighted by Crippen LogP contribution is 2.21. The van der Waals surface area contributed by atoms with Crippen LogP contribution in [0.3, 0.4) is 0 Å². The largest absolute Gasteiger partial charge is 0.496 e. The SMILES string of the molecule is COc1cc(N)nc(C)c1CN. The van der Waals surface area contributed by atoms with Crippen LogP contribution in [0.25, 0.3) is 0 Å². The van der Waals surface area contributed by atoms with Gasteiger partial charge in [-0.15, -0.1) is 0 Å². The van der Waals surface area contributed by atoms with Crippen LogP contribution in [-0.4, -0.2) is 12.1 Å². The Morgan fingerprint density at radius 3 is 2.75 bits per heavy atom. The zero-order chi connectivity index (χ0) is 9.14. The van der Waals surface area contributed by atoms with E-state index in [2.05, 4.69) is 4.98 Å². The number of anilines is 1. The summed E-state index contributed by atoms with van der Waals surface area (Å²) in [7, 11) is 1.59. The number of hydrogen-bond acceptors (Lipinski definition) is 4. The molecule has 12 heavy (non-hydrogen) atoms. The fourth-order valence-corrected chi connectivity index (χ4v) is 1.12. The van der Waals surface area contributed by atoms with Gasteiger partial charge in [0, 0.05) is 23.9 Å². The molecule has 0 aromatic carbocycles. The Morgan fingerprint density at radius 1 is 1.58 bits per heavy atom. The Morgan fingerprint density at radius 2 is 2.25 bits per heavy atom. The van der Waals surface area contributed by atoms with Crippen LogP contribution in [-0.2, 0) is 6.54 Å². The van der Waals surface area contributed by atoms with Gasteiger partial charge >= 0.3 is 0 Å². The second-order valence-electron chi connectivity index (χ2n) is 2.52. The molecule has 1 aromatic heterocycles. The van der Waals surface area contributed by atoms with E-state index in [1.54, 1.807) is 13.2 Å². The number of nitrogen functional groups attached to an aromatic ring is 1. The van der Waals surface area contributed by atoms with Crippen molar-refractivity contribution >= 4 is 5.82 Å². The molecule has 1 heterocycles. The van der Waals surface area contributed by atoms with Crippen LogP contribution >= 0.6 is 0 Å². The Kier molecular flexibility index (Phi) is 2.50. The average Bonchev–Trinajstić information content (AvgIpc) is 2.03. The molecule has 0 unspecified atom stereocenters. The molecule has 66 valence electrons. The van der Waals surface area contributed by atoms with Crippen molar-refractivity contribution in [2.24, 2.45) is 5.73 Å². The molecule has 0 atom stereocenters. The topological polar surface area (TPSA) is 74.2 Å². The molecule has 0 aliphatic rings. The van der Waals surface area contributed by atoms with Gasteiger partial charge in [0.2, 0.25) is 0 Å². The van der Waals surface area contributed by atoms with Crippen molar-refractivity contribution in [1.29, 1.82) is 0 Å². The van der Waals surface area contributed by atoms with E-state index < -0.39 is 0 Å². The number of aromatic nitrogens is 1. The molecule has 1 aromatic rings. The van der Waals surface area contributed by atoms with Crippen molar-refractivity contribution in [2.45, 2.75) is 13.5 Å². The summed E-state index contributed by atoms with van der Waals surface area (Å²) in [4.78, 5) is 4.07. The van der Waals surface area contributed by atoms with E-state index in [9.17, 15) is 0 Å². The quantitative estimate of drug-likeness (QED) is 0.670. The number of methoxy groups -OCH3 is 1. The zero-order valence-corrected chi connectivity index (χ0v) is 7.29. The van der Waals surface area contributed by atoms with Gasteiger partial charge in [0.25, 0.3) is 0 Å². The monoisotopic (exact) mass is 167 g/mol. The summed E-state index contributed by atoms with van der Waals surface area (Å²) >= 11 is 0. The zero-order valence-electron chi connectivity index (χ0n) is 7.29. The van der Waals surface area contributed by atoms with E-state index in [4.69, 9.17) is 16.2 Å². The number of hydrogen-bond donors (Lipinski definition) is 2. The van der Waals surface area contributed by atoms with Crippen LogP contribution in [0, 0.1) is 6.92 Å². The molecule has 4 heteroatoms. The highest BCUT2D eigenvalue weighted by molar-refractivity contribution is 5.45. The molecule has 0 spiro atoms. The molecule has 1 rings (SSSR count). The number of pyridine rings is 1. The number of aryl methyl sites for hydroxylation is 1. The third-order valence-corrected chi connectivity index (χ3v) is 1.73. The molecule has 0 saturated heterocycles. The lowest BCUT2D eigenvalue weighted by Crippen LogP contribution is -2.05.